The van der Waals surface area contributed by atoms with E-state index >= 15 is 0 Å². The molecule has 0 atom stereocenters. The van der Waals surface area contributed by atoms with Gasteiger partial charge in [0.1, 0.15) is 24.0 Å². The van der Waals surface area contributed by atoms with Crippen molar-refractivity contribution in [2.45, 2.75) is 0 Å². The van der Waals surface area contributed by atoms with Gasteiger partial charge in [-0.15, -0.1) is 0 Å². The summed E-state index contributed by atoms with van der Waals surface area (Å²) in [5, 5.41) is 10.4. The summed E-state index contributed by atoms with van der Waals surface area (Å²) >= 11 is 3.00. The molecule has 18 heavy (non-hydrogen) atoms. The lowest BCUT2D eigenvalue weighted by Crippen LogP contribution is -1.95. The number of halogens is 2. The summed E-state index contributed by atoms with van der Waals surface area (Å²) in [5.74, 6) is -0.293. The molecule has 92 valence electrons. The lowest BCUT2D eigenvalue weighted by molar-refractivity contribution is -0.385. The Labute approximate surface area is 109 Å². The number of benzene rings is 1. The summed E-state index contributed by atoms with van der Waals surface area (Å²) in [5.41, 5.74) is -0.246. The highest BCUT2D eigenvalue weighted by Crippen LogP contribution is 2.24. The number of ether oxygens (including phenoxy) is 1. The smallest absolute Gasteiger partial charge is 0.322 e. The van der Waals surface area contributed by atoms with Crippen LogP contribution < -0.4 is 4.74 Å². The van der Waals surface area contributed by atoms with Crippen molar-refractivity contribution >= 4 is 21.6 Å². The molecule has 0 saturated carbocycles. The Morgan fingerprint density at radius 3 is 2.56 bits per heavy atom. The van der Waals surface area contributed by atoms with Crippen LogP contribution in [0.3, 0.4) is 0 Å². The normalized spacial score (nSPS) is 10.1. The third-order valence-electron chi connectivity index (χ3n) is 1.93. The van der Waals surface area contributed by atoms with Crippen LogP contribution in [-0.4, -0.2) is 14.9 Å². The maximum absolute atomic E-state index is 13.2. The van der Waals surface area contributed by atoms with Crippen molar-refractivity contribution < 1.29 is 14.1 Å². The van der Waals surface area contributed by atoms with Crippen LogP contribution in [0.2, 0.25) is 0 Å². The molecule has 0 saturated heterocycles. The minimum Gasteiger partial charge on any atom is -0.424 e. The van der Waals surface area contributed by atoms with Gasteiger partial charge in [-0.05, 0) is 28.1 Å². The zero-order chi connectivity index (χ0) is 13.1. The molecular weight excluding hydrogens is 309 g/mol. The molecule has 1 aromatic heterocycles. The van der Waals surface area contributed by atoms with E-state index in [1.165, 1.54) is 12.1 Å². The first-order chi connectivity index (χ1) is 8.56. The molecule has 0 amide bonds. The minimum atomic E-state index is -0.622. The van der Waals surface area contributed by atoms with Gasteiger partial charge in [-0.25, -0.2) is 4.39 Å². The second-order valence-electron chi connectivity index (χ2n) is 3.16. The second kappa shape index (κ2) is 5.05. The molecule has 1 heterocycles. The van der Waals surface area contributed by atoms with Crippen molar-refractivity contribution in [3.8, 4) is 11.8 Å². The summed E-state index contributed by atoms with van der Waals surface area (Å²) in [6.45, 7) is 0. The Morgan fingerprint density at radius 2 is 2.00 bits per heavy atom. The predicted molar refractivity (Wildman–Crippen MR) is 62.9 cm³/mol. The van der Waals surface area contributed by atoms with Gasteiger partial charge in [0.15, 0.2) is 0 Å². The molecule has 0 unspecified atom stereocenters. The summed E-state index contributed by atoms with van der Waals surface area (Å²) < 4.78 is 18.6. The van der Waals surface area contributed by atoms with Crippen LogP contribution in [0.1, 0.15) is 0 Å². The molecule has 0 aliphatic heterocycles. The van der Waals surface area contributed by atoms with Gasteiger partial charge >= 0.3 is 11.7 Å². The molecule has 0 bridgehead atoms. The minimum absolute atomic E-state index is 0.0951. The van der Waals surface area contributed by atoms with Gasteiger partial charge in [0, 0.05) is 6.07 Å². The number of hydrogen-bond acceptors (Lipinski definition) is 5. The van der Waals surface area contributed by atoms with Crippen LogP contribution in [0.5, 0.6) is 11.8 Å². The van der Waals surface area contributed by atoms with Gasteiger partial charge in [0.05, 0.1) is 9.40 Å². The molecule has 0 aliphatic rings. The Kier molecular flexibility index (Phi) is 3.47. The third kappa shape index (κ3) is 2.77. The van der Waals surface area contributed by atoms with Gasteiger partial charge in [-0.2, -0.15) is 9.97 Å². The zero-order valence-electron chi connectivity index (χ0n) is 8.71. The highest BCUT2D eigenvalue weighted by atomic mass is 79.9. The van der Waals surface area contributed by atoms with E-state index < -0.39 is 10.7 Å². The Balaban J connectivity index is 2.18. The molecule has 0 radical (unpaired) electrons. The van der Waals surface area contributed by atoms with Crippen LogP contribution in [0.25, 0.3) is 0 Å². The topological polar surface area (TPSA) is 78.2 Å². The molecule has 1 aromatic carbocycles. The third-order valence-corrected chi connectivity index (χ3v) is 2.57. The van der Waals surface area contributed by atoms with E-state index in [0.717, 1.165) is 18.5 Å². The molecule has 0 N–H and O–H groups in total. The molecular formula is C10H5BrFN3O3. The maximum atomic E-state index is 13.2. The summed E-state index contributed by atoms with van der Waals surface area (Å²) in [6.07, 6.45) is 2.02. The van der Waals surface area contributed by atoms with Gasteiger partial charge in [-0.1, -0.05) is 0 Å². The molecule has 8 heteroatoms. The van der Waals surface area contributed by atoms with E-state index in [1.54, 1.807) is 0 Å². The first kappa shape index (κ1) is 12.4. The number of nitro groups is 1. The fourth-order valence-corrected chi connectivity index (χ4v) is 1.35. The molecule has 0 aliphatic carbocycles. The van der Waals surface area contributed by atoms with Crippen molar-refractivity contribution in [1.29, 1.82) is 0 Å². The van der Waals surface area contributed by atoms with E-state index in [2.05, 4.69) is 25.9 Å². The summed E-state index contributed by atoms with van der Waals surface area (Å²) in [4.78, 5) is 17.0. The molecule has 0 spiro atoms. The monoisotopic (exact) mass is 313 g/mol. The Hall–Kier alpha value is -2.09. The fourth-order valence-electron chi connectivity index (χ4n) is 1.10. The number of nitrogens with zero attached hydrogens (tertiary/aromatic N) is 3. The largest absolute Gasteiger partial charge is 0.424 e. The van der Waals surface area contributed by atoms with Crippen molar-refractivity contribution in [1.82, 2.24) is 9.97 Å². The Bertz CT molecular complexity index is 591. The second-order valence-corrected chi connectivity index (χ2v) is 4.01. The number of rotatable bonds is 3. The summed E-state index contributed by atoms with van der Waals surface area (Å²) in [6, 6.07) is 4.03. The fraction of sp³-hybridized carbons (Fsp3) is 0. The van der Waals surface area contributed by atoms with Crippen LogP contribution in [0.4, 0.5) is 10.1 Å². The first-order valence-electron chi connectivity index (χ1n) is 4.65. The lowest BCUT2D eigenvalue weighted by Gasteiger charge is -2.03. The average Bonchev–Trinajstić information content (AvgIpc) is 2.34. The predicted octanol–water partition coefficient (Wildman–Crippen LogP) is 3.08. The molecule has 6 nitrogen and oxygen atoms in total. The van der Waals surface area contributed by atoms with Crippen LogP contribution in [0.15, 0.2) is 35.1 Å². The summed E-state index contributed by atoms with van der Waals surface area (Å²) in [7, 11) is 0. The number of aromatic nitrogens is 2. The van der Waals surface area contributed by atoms with Gasteiger partial charge in [-0.3, -0.25) is 10.1 Å². The van der Waals surface area contributed by atoms with E-state index in [1.807, 2.05) is 0 Å². The van der Waals surface area contributed by atoms with E-state index in [9.17, 15) is 14.5 Å². The van der Waals surface area contributed by atoms with Crippen molar-refractivity contribution in [3.63, 3.8) is 0 Å². The average molecular weight is 314 g/mol. The maximum Gasteiger partial charge on any atom is 0.322 e. The highest BCUT2D eigenvalue weighted by molar-refractivity contribution is 9.10. The van der Waals surface area contributed by atoms with E-state index in [-0.39, 0.29) is 17.4 Å². The van der Waals surface area contributed by atoms with Crippen molar-refractivity contribution in [3.05, 3.63) is 51.0 Å². The van der Waals surface area contributed by atoms with Crippen LogP contribution in [0, 0.1) is 15.9 Å². The van der Waals surface area contributed by atoms with Crippen LogP contribution >= 0.6 is 15.9 Å². The molecule has 2 aromatic rings. The standard InChI is InChI=1S/C10H5BrFN3O3/c11-8-2-1-7(3-9(8)12)18-10-13-4-6(5-14-10)15(16)17/h1-5H. The van der Waals surface area contributed by atoms with E-state index in [4.69, 9.17) is 4.74 Å². The quantitative estimate of drug-likeness (QED) is 0.642. The lowest BCUT2D eigenvalue weighted by atomic mass is 10.3. The van der Waals surface area contributed by atoms with Crippen LogP contribution in [-0.2, 0) is 0 Å². The van der Waals surface area contributed by atoms with Gasteiger partial charge in [0.2, 0.25) is 0 Å². The van der Waals surface area contributed by atoms with Crippen molar-refractivity contribution in [2.24, 2.45) is 0 Å². The van der Waals surface area contributed by atoms with Gasteiger partial charge in [0.25, 0.3) is 0 Å². The highest BCUT2D eigenvalue weighted by Gasteiger charge is 2.09. The number of hydrogen-bond donors (Lipinski definition) is 0. The van der Waals surface area contributed by atoms with Crippen molar-refractivity contribution in [2.75, 3.05) is 0 Å². The molecule has 0 fully saturated rings. The van der Waals surface area contributed by atoms with E-state index in [0.29, 0.717) is 4.47 Å². The molecule has 2 rings (SSSR count). The SMILES string of the molecule is O=[N+]([O-])c1cnc(Oc2ccc(Br)c(F)c2)nc1. The zero-order valence-corrected chi connectivity index (χ0v) is 10.3. The Morgan fingerprint density at radius 1 is 1.33 bits per heavy atom. The van der Waals surface area contributed by atoms with Gasteiger partial charge < -0.3 is 4.74 Å². The first-order valence-corrected chi connectivity index (χ1v) is 5.45.